The topological polar surface area (TPSA) is 105 Å². The lowest BCUT2D eigenvalue weighted by atomic mass is 9.93. The number of nitrogens with zero attached hydrogens (tertiary/aromatic N) is 1. The first kappa shape index (κ1) is 21.9. The van der Waals surface area contributed by atoms with E-state index in [0.717, 1.165) is 11.8 Å². The van der Waals surface area contributed by atoms with E-state index < -0.39 is 15.9 Å². The van der Waals surface area contributed by atoms with Gasteiger partial charge in [-0.2, -0.15) is 0 Å². The van der Waals surface area contributed by atoms with Crippen LogP contribution in [0.2, 0.25) is 5.02 Å². The summed E-state index contributed by atoms with van der Waals surface area (Å²) in [5.41, 5.74) is 2.05. The Kier molecular flexibility index (Phi) is 5.66. The molecule has 164 valence electrons. The maximum absolute atomic E-state index is 13.2. The number of fused-ring (bicyclic) bond motifs is 1. The molecule has 0 atom stereocenters. The molecule has 4 rings (SSSR count). The lowest BCUT2D eigenvalue weighted by Gasteiger charge is -2.14. The third kappa shape index (κ3) is 4.32. The average molecular weight is 471 g/mol. The van der Waals surface area contributed by atoms with Gasteiger partial charge in [0.25, 0.3) is 5.91 Å². The number of aromatic hydroxyl groups is 1. The van der Waals surface area contributed by atoms with Crippen LogP contribution in [0.5, 0.6) is 5.75 Å². The summed E-state index contributed by atoms with van der Waals surface area (Å²) in [6.45, 7) is 0.197. The summed E-state index contributed by atoms with van der Waals surface area (Å²) in [7, 11) is -3.86. The molecule has 0 fully saturated rings. The molecule has 1 heterocycles. The van der Waals surface area contributed by atoms with Gasteiger partial charge in [0.2, 0.25) is 10.0 Å². The molecule has 0 aliphatic heterocycles. The van der Waals surface area contributed by atoms with Crippen LogP contribution in [0, 0.1) is 0 Å². The number of hydrogen-bond donors (Lipinski definition) is 2. The van der Waals surface area contributed by atoms with Crippen LogP contribution in [0.15, 0.2) is 60.7 Å². The lowest BCUT2D eigenvalue weighted by molar-refractivity contribution is -0.113. The van der Waals surface area contributed by atoms with Crippen molar-refractivity contribution in [3.05, 3.63) is 82.5 Å². The van der Waals surface area contributed by atoms with E-state index in [4.69, 9.17) is 11.6 Å². The van der Waals surface area contributed by atoms with E-state index in [0.29, 0.717) is 27.1 Å². The molecule has 9 heteroatoms. The molecule has 0 unspecified atom stereocenters. The summed E-state index contributed by atoms with van der Waals surface area (Å²) in [5.74, 6) is -0.945. The number of allylic oxidation sites excluding steroid dienone is 4. The number of carbonyl (C=O) groups is 2. The van der Waals surface area contributed by atoms with Gasteiger partial charge in [0.05, 0.1) is 6.26 Å². The van der Waals surface area contributed by atoms with Gasteiger partial charge in [-0.15, -0.1) is 0 Å². The smallest absolute Gasteiger partial charge is 0.282 e. The third-order valence-electron chi connectivity index (χ3n) is 5.07. The quantitative estimate of drug-likeness (QED) is 0.592. The van der Waals surface area contributed by atoms with E-state index in [2.05, 4.69) is 0 Å². The number of phenolic OH excluding ortho intramolecular Hbond substituents is 1. The summed E-state index contributed by atoms with van der Waals surface area (Å²) >= 11 is 6.24. The predicted octanol–water partition coefficient (Wildman–Crippen LogP) is 3.65. The van der Waals surface area contributed by atoms with Gasteiger partial charge in [0, 0.05) is 40.0 Å². The fourth-order valence-corrected chi connectivity index (χ4v) is 4.37. The van der Waals surface area contributed by atoms with E-state index in [1.54, 1.807) is 53.1 Å². The van der Waals surface area contributed by atoms with Crippen LogP contribution < -0.4 is 4.72 Å². The molecule has 2 aromatic carbocycles. The van der Waals surface area contributed by atoms with Crippen molar-refractivity contribution >= 4 is 49.8 Å². The Hall–Kier alpha value is -3.36. The summed E-state index contributed by atoms with van der Waals surface area (Å²) in [6, 6.07) is 11.5. The molecular formula is C23H19ClN2O5S. The summed E-state index contributed by atoms with van der Waals surface area (Å²) in [4.78, 5) is 26.0. The van der Waals surface area contributed by atoms with Gasteiger partial charge in [-0.3, -0.25) is 9.59 Å². The standard InChI is InChI=1S/C23H19ClN2O5S/c1-32(30,31)25-23(29)22-21(17-4-2-3-5-20(17)28)18-12-15(24)8-11-19(18)26(22)13-14-6-9-16(27)10-7-14/h2-4,6-12,27H,5,13H2,1H3,(H,25,29). The number of Topliss-reactive ketones (excluding diaryl/α,β-unsaturated/α-hetero) is 1. The Morgan fingerprint density at radius 2 is 1.91 bits per heavy atom. The molecular weight excluding hydrogens is 452 g/mol. The first-order valence-electron chi connectivity index (χ1n) is 9.66. The largest absolute Gasteiger partial charge is 0.508 e. The normalized spacial score (nSPS) is 13.9. The van der Waals surface area contributed by atoms with Crippen molar-refractivity contribution in [2.75, 3.05) is 6.26 Å². The van der Waals surface area contributed by atoms with Gasteiger partial charge in [-0.05, 0) is 35.9 Å². The van der Waals surface area contributed by atoms with Crippen LogP contribution in [-0.2, 0) is 21.4 Å². The zero-order valence-corrected chi connectivity index (χ0v) is 18.6. The Morgan fingerprint density at radius 1 is 1.19 bits per heavy atom. The SMILES string of the molecule is CS(=O)(=O)NC(=O)c1c(C2=CC=CCC2=O)c2cc(Cl)ccc2n1Cc1ccc(O)cc1. The van der Waals surface area contributed by atoms with Crippen molar-refractivity contribution in [2.24, 2.45) is 0 Å². The first-order chi connectivity index (χ1) is 15.1. The third-order valence-corrected chi connectivity index (χ3v) is 5.86. The average Bonchev–Trinajstić information content (AvgIpc) is 3.02. The van der Waals surface area contributed by atoms with Gasteiger partial charge < -0.3 is 9.67 Å². The maximum atomic E-state index is 13.2. The van der Waals surface area contributed by atoms with Crippen LogP contribution in [0.25, 0.3) is 16.5 Å². The van der Waals surface area contributed by atoms with E-state index >= 15 is 0 Å². The van der Waals surface area contributed by atoms with Crippen LogP contribution in [-0.4, -0.2) is 36.0 Å². The number of benzene rings is 2. The monoisotopic (exact) mass is 470 g/mol. The zero-order chi connectivity index (χ0) is 23.0. The number of phenols is 1. The molecule has 2 N–H and O–H groups in total. The van der Waals surface area contributed by atoms with Gasteiger partial charge in [0.1, 0.15) is 11.4 Å². The Morgan fingerprint density at radius 3 is 2.56 bits per heavy atom. The van der Waals surface area contributed by atoms with Crippen LogP contribution in [0.1, 0.15) is 28.0 Å². The molecule has 0 saturated heterocycles. The number of rotatable bonds is 5. The number of nitrogens with one attached hydrogen (secondary N) is 1. The molecule has 1 aliphatic carbocycles. The first-order valence-corrected chi connectivity index (χ1v) is 11.9. The predicted molar refractivity (Wildman–Crippen MR) is 123 cm³/mol. The second kappa shape index (κ2) is 8.29. The summed E-state index contributed by atoms with van der Waals surface area (Å²) in [6.07, 6.45) is 6.11. The number of hydrogen-bond acceptors (Lipinski definition) is 5. The van der Waals surface area contributed by atoms with Crippen molar-refractivity contribution in [1.82, 2.24) is 9.29 Å². The molecule has 32 heavy (non-hydrogen) atoms. The number of carbonyl (C=O) groups excluding carboxylic acids is 2. The highest BCUT2D eigenvalue weighted by Gasteiger charge is 2.29. The molecule has 1 aromatic heterocycles. The maximum Gasteiger partial charge on any atom is 0.282 e. The molecule has 0 bridgehead atoms. The fourth-order valence-electron chi connectivity index (χ4n) is 3.77. The zero-order valence-electron chi connectivity index (χ0n) is 17.0. The van der Waals surface area contributed by atoms with Gasteiger partial charge in [0.15, 0.2) is 5.78 Å². The number of aromatic nitrogens is 1. The minimum atomic E-state index is -3.86. The Balaban J connectivity index is 2.04. The van der Waals surface area contributed by atoms with E-state index in [9.17, 15) is 23.1 Å². The molecule has 0 radical (unpaired) electrons. The van der Waals surface area contributed by atoms with Crippen molar-refractivity contribution in [1.29, 1.82) is 0 Å². The molecule has 0 spiro atoms. The van der Waals surface area contributed by atoms with Gasteiger partial charge >= 0.3 is 0 Å². The Bertz CT molecular complexity index is 1420. The highest BCUT2D eigenvalue weighted by molar-refractivity contribution is 7.89. The number of ketones is 1. The fraction of sp³-hybridized carbons (Fsp3) is 0.130. The second-order valence-corrected chi connectivity index (χ2v) is 9.66. The summed E-state index contributed by atoms with van der Waals surface area (Å²) < 4.78 is 27.4. The highest BCUT2D eigenvalue weighted by Crippen LogP contribution is 2.36. The second-order valence-electron chi connectivity index (χ2n) is 7.48. The summed E-state index contributed by atoms with van der Waals surface area (Å²) in [5, 5.41) is 10.6. The molecule has 7 nitrogen and oxygen atoms in total. The molecule has 3 aromatic rings. The van der Waals surface area contributed by atoms with Crippen molar-refractivity contribution in [3.8, 4) is 5.75 Å². The highest BCUT2D eigenvalue weighted by atomic mass is 35.5. The number of halogens is 1. The minimum absolute atomic E-state index is 0.0377. The van der Waals surface area contributed by atoms with Gasteiger partial charge in [-0.1, -0.05) is 42.0 Å². The van der Waals surface area contributed by atoms with Crippen LogP contribution in [0.4, 0.5) is 0 Å². The number of amides is 1. The molecule has 1 aliphatic rings. The van der Waals surface area contributed by atoms with E-state index in [1.165, 1.54) is 12.1 Å². The van der Waals surface area contributed by atoms with E-state index in [1.807, 2.05) is 4.72 Å². The molecule has 0 saturated carbocycles. The van der Waals surface area contributed by atoms with Crippen molar-refractivity contribution < 1.29 is 23.1 Å². The number of sulfonamides is 1. The van der Waals surface area contributed by atoms with Gasteiger partial charge in [-0.25, -0.2) is 13.1 Å². The van der Waals surface area contributed by atoms with Crippen molar-refractivity contribution in [2.45, 2.75) is 13.0 Å². The molecule has 1 amide bonds. The minimum Gasteiger partial charge on any atom is -0.508 e. The van der Waals surface area contributed by atoms with Crippen LogP contribution in [0.3, 0.4) is 0 Å². The van der Waals surface area contributed by atoms with Crippen molar-refractivity contribution in [3.63, 3.8) is 0 Å². The van der Waals surface area contributed by atoms with E-state index in [-0.39, 0.29) is 30.2 Å². The lowest BCUT2D eigenvalue weighted by Crippen LogP contribution is -2.32. The van der Waals surface area contributed by atoms with Crippen LogP contribution >= 0.6 is 11.6 Å². The Labute approximate surface area is 189 Å².